The first-order valence-corrected chi connectivity index (χ1v) is 8.10. The molecule has 2 fully saturated rings. The summed E-state index contributed by atoms with van der Waals surface area (Å²) in [6.45, 7) is -1.21. The number of nitrogens with one attached hydrogen (secondary N) is 1. The minimum absolute atomic E-state index is 0.0489. The Labute approximate surface area is 138 Å². The number of hydrogen-bond donors (Lipinski definition) is 1. The van der Waals surface area contributed by atoms with Crippen LogP contribution in [-0.2, 0) is 9.57 Å². The fourth-order valence-electron chi connectivity index (χ4n) is 2.85. The summed E-state index contributed by atoms with van der Waals surface area (Å²) >= 11 is 0. The minimum atomic E-state index is -2.88. The Hall–Kier alpha value is -1.86. The lowest BCUT2D eigenvalue weighted by Crippen LogP contribution is -2.29. The van der Waals surface area contributed by atoms with Crippen molar-refractivity contribution in [2.75, 3.05) is 19.8 Å². The molecule has 2 aliphatic heterocycles. The molecule has 1 atom stereocenters. The first-order valence-electron chi connectivity index (χ1n) is 8.10. The molecule has 3 aliphatic rings. The summed E-state index contributed by atoms with van der Waals surface area (Å²) in [4.78, 5) is 5.65. The van der Waals surface area contributed by atoms with Crippen LogP contribution in [0.15, 0.2) is 24.3 Å². The molecule has 1 unspecified atom stereocenters. The zero-order valence-electron chi connectivity index (χ0n) is 13.1. The predicted octanol–water partition coefficient (Wildman–Crippen LogP) is 3.11. The van der Waals surface area contributed by atoms with Gasteiger partial charge in [0.05, 0.1) is 18.9 Å². The third-order valence-corrected chi connectivity index (χ3v) is 4.43. The van der Waals surface area contributed by atoms with Crippen LogP contribution in [0.25, 0.3) is 5.70 Å². The molecule has 4 rings (SSSR count). The summed E-state index contributed by atoms with van der Waals surface area (Å²) < 4.78 is 40.8. The normalized spacial score (nSPS) is 25.9. The second kappa shape index (κ2) is 6.22. The molecule has 7 heteroatoms. The molecule has 130 valence electrons. The van der Waals surface area contributed by atoms with Gasteiger partial charge in [0.25, 0.3) is 0 Å². The minimum Gasteiger partial charge on any atom is -0.489 e. The number of benzene rings is 1. The zero-order chi connectivity index (χ0) is 16.6. The van der Waals surface area contributed by atoms with Gasteiger partial charge >= 0.3 is 6.61 Å². The molecule has 1 aromatic carbocycles. The molecule has 2 heterocycles. The van der Waals surface area contributed by atoms with E-state index in [1.807, 2.05) is 6.08 Å². The van der Waals surface area contributed by atoms with Crippen molar-refractivity contribution >= 4 is 5.70 Å². The van der Waals surface area contributed by atoms with Crippen molar-refractivity contribution in [3.8, 4) is 11.5 Å². The van der Waals surface area contributed by atoms with Crippen LogP contribution in [0.1, 0.15) is 24.8 Å². The highest BCUT2D eigenvalue weighted by molar-refractivity contribution is 5.68. The molecule has 0 amide bonds. The van der Waals surface area contributed by atoms with Crippen LogP contribution < -0.4 is 15.0 Å². The van der Waals surface area contributed by atoms with Gasteiger partial charge in [0.1, 0.15) is 5.60 Å². The van der Waals surface area contributed by atoms with E-state index < -0.39 is 12.2 Å². The lowest BCUT2D eigenvalue weighted by molar-refractivity contribution is -0.0515. The molecule has 1 N–H and O–H groups in total. The van der Waals surface area contributed by atoms with Crippen molar-refractivity contribution in [2.45, 2.75) is 31.5 Å². The molecule has 24 heavy (non-hydrogen) atoms. The first-order chi connectivity index (χ1) is 11.6. The Morgan fingerprint density at radius 3 is 2.88 bits per heavy atom. The van der Waals surface area contributed by atoms with E-state index in [4.69, 9.17) is 14.3 Å². The summed E-state index contributed by atoms with van der Waals surface area (Å²) in [5, 5.41) is 0. The number of rotatable bonds is 6. The van der Waals surface area contributed by atoms with E-state index in [0.717, 1.165) is 30.5 Å². The predicted molar refractivity (Wildman–Crippen MR) is 81.7 cm³/mol. The average Bonchev–Trinajstić information content (AvgIpc) is 3.13. The SMILES string of the molecule is FC(F)Oc1ccc(C2=CC3(CCOC3)ON2)cc1OCC1CC1. The van der Waals surface area contributed by atoms with Crippen molar-refractivity contribution in [3.05, 3.63) is 29.8 Å². The van der Waals surface area contributed by atoms with Crippen LogP contribution in [0.4, 0.5) is 8.78 Å². The molecule has 0 aromatic heterocycles. The van der Waals surface area contributed by atoms with Crippen LogP contribution in [0.5, 0.6) is 11.5 Å². The van der Waals surface area contributed by atoms with Crippen molar-refractivity contribution < 1.29 is 27.8 Å². The van der Waals surface area contributed by atoms with Gasteiger partial charge in [0.15, 0.2) is 11.5 Å². The Morgan fingerprint density at radius 1 is 1.29 bits per heavy atom. The van der Waals surface area contributed by atoms with E-state index in [1.165, 1.54) is 6.07 Å². The molecular formula is C17H19F2NO4. The van der Waals surface area contributed by atoms with Gasteiger partial charge < -0.3 is 14.2 Å². The van der Waals surface area contributed by atoms with E-state index in [9.17, 15) is 8.78 Å². The fourth-order valence-corrected chi connectivity index (χ4v) is 2.85. The maximum atomic E-state index is 12.6. The van der Waals surface area contributed by atoms with Crippen LogP contribution >= 0.6 is 0 Å². The van der Waals surface area contributed by atoms with E-state index >= 15 is 0 Å². The summed E-state index contributed by atoms with van der Waals surface area (Å²) in [5.41, 5.74) is 4.04. The topological polar surface area (TPSA) is 49.0 Å². The molecule has 1 saturated heterocycles. The smallest absolute Gasteiger partial charge is 0.387 e. The third-order valence-electron chi connectivity index (χ3n) is 4.43. The highest BCUT2D eigenvalue weighted by Gasteiger charge is 2.39. The fraction of sp³-hybridized carbons (Fsp3) is 0.529. The molecule has 0 bridgehead atoms. The Balaban J connectivity index is 1.57. The maximum Gasteiger partial charge on any atom is 0.387 e. The number of halogens is 2. The number of hydrogen-bond acceptors (Lipinski definition) is 5. The van der Waals surface area contributed by atoms with Crippen LogP contribution in [0, 0.1) is 5.92 Å². The van der Waals surface area contributed by atoms with Gasteiger partial charge in [-0.1, -0.05) is 0 Å². The first kappa shape index (κ1) is 15.7. The molecule has 1 saturated carbocycles. The van der Waals surface area contributed by atoms with Gasteiger partial charge in [0, 0.05) is 18.6 Å². The quantitative estimate of drug-likeness (QED) is 0.863. The van der Waals surface area contributed by atoms with Gasteiger partial charge in [-0.2, -0.15) is 8.78 Å². The lowest BCUT2D eigenvalue weighted by atomic mass is 10.0. The number of hydroxylamine groups is 1. The Kier molecular flexibility index (Phi) is 4.05. The van der Waals surface area contributed by atoms with Crippen molar-refractivity contribution in [3.63, 3.8) is 0 Å². The summed E-state index contributed by atoms with van der Waals surface area (Å²) in [7, 11) is 0. The monoisotopic (exact) mass is 339 g/mol. The maximum absolute atomic E-state index is 12.6. The molecule has 1 aromatic rings. The van der Waals surface area contributed by atoms with Crippen LogP contribution in [0.3, 0.4) is 0 Å². The van der Waals surface area contributed by atoms with Gasteiger partial charge in [0.2, 0.25) is 0 Å². The van der Waals surface area contributed by atoms with Gasteiger partial charge in [-0.15, -0.1) is 0 Å². The largest absolute Gasteiger partial charge is 0.489 e. The van der Waals surface area contributed by atoms with Gasteiger partial charge in [-0.05, 0) is 43.0 Å². The highest BCUT2D eigenvalue weighted by atomic mass is 19.3. The number of alkyl halides is 2. The summed E-state index contributed by atoms with van der Waals surface area (Å²) in [5.74, 6) is 0.887. The molecule has 1 spiro atoms. The van der Waals surface area contributed by atoms with Crippen molar-refractivity contribution in [2.24, 2.45) is 5.92 Å². The molecular weight excluding hydrogens is 320 g/mol. The van der Waals surface area contributed by atoms with Gasteiger partial charge in [-0.25, -0.2) is 0 Å². The van der Waals surface area contributed by atoms with Crippen molar-refractivity contribution in [1.29, 1.82) is 0 Å². The second-order valence-corrected chi connectivity index (χ2v) is 6.42. The second-order valence-electron chi connectivity index (χ2n) is 6.42. The van der Waals surface area contributed by atoms with Crippen LogP contribution in [-0.4, -0.2) is 32.0 Å². The zero-order valence-corrected chi connectivity index (χ0v) is 13.1. The molecule has 1 aliphatic carbocycles. The van der Waals surface area contributed by atoms with E-state index in [-0.39, 0.29) is 5.75 Å². The standard InChI is InChI=1S/C17H19F2NO4/c18-16(19)23-14-4-3-12(7-15(14)22-9-11-1-2-11)13-8-17(24-20-13)5-6-21-10-17/h3-4,7-8,11,16,20H,1-2,5-6,9-10H2. The Morgan fingerprint density at radius 2 is 2.17 bits per heavy atom. The van der Waals surface area contributed by atoms with Gasteiger partial charge in [-0.3, -0.25) is 10.3 Å². The molecule has 0 radical (unpaired) electrons. The lowest BCUT2D eigenvalue weighted by Gasteiger charge is -2.15. The average molecular weight is 339 g/mol. The van der Waals surface area contributed by atoms with E-state index in [1.54, 1.807) is 12.1 Å². The summed E-state index contributed by atoms with van der Waals surface area (Å²) in [6.07, 6.45) is 5.00. The van der Waals surface area contributed by atoms with E-state index in [0.29, 0.717) is 31.5 Å². The molecule has 5 nitrogen and oxygen atoms in total. The Bertz CT molecular complexity index is 639. The van der Waals surface area contributed by atoms with Crippen LogP contribution in [0.2, 0.25) is 0 Å². The summed E-state index contributed by atoms with van der Waals surface area (Å²) in [6, 6.07) is 4.91. The number of ether oxygens (including phenoxy) is 3. The third kappa shape index (κ3) is 3.32. The highest BCUT2D eigenvalue weighted by Crippen LogP contribution is 2.37. The van der Waals surface area contributed by atoms with Crippen molar-refractivity contribution in [1.82, 2.24) is 5.48 Å². The van der Waals surface area contributed by atoms with E-state index in [2.05, 4.69) is 10.2 Å².